The number of Topliss-reactive ketones (excluding diaryl/α,β-unsaturated/α-hetero) is 1. The van der Waals surface area contributed by atoms with Crippen molar-refractivity contribution in [1.29, 1.82) is 0 Å². The van der Waals surface area contributed by atoms with Crippen LogP contribution >= 0.6 is 0 Å². The second-order valence-electron chi connectivity index (χ2n) is 10.7. The number of hydrogen-bond donors (Lipinski definition) is 2. The average molecular weight is 528 g/mol. The first-order valence-corrected chi connectivity index (χ1v) is 12.5. The van der Waals surface area contributed by atoms with Crippen molar-refractivity contribution in [3.63, 3.8) is 0 Å². The fraction of sp³-hybridized carbons (Fsp3) is 0.481. The molecule has 2 heterocycles. The lowest BCUT2D eigenvalue weighted by Gasteiger charge is -2.29. The van der Waals surface area contributed by atoms with E-state index in [1.807, 2.05) is 0 Å². The Balaban J connectivity index is 1.24. The second-order valence-corrected chi connectivity index (χ2v) is 10.7. The smallest absolute Gasteiger partial charge is 0.394 e. The quantitative estimate of drug-likeness (QED) is 0.383. The van der Waals surface area contributed by atoms with Gasteiger partial charge in [-0.15, -0.1) is 0 Å². The number of hydrogen-bond acceptors (Lipinski definition) is 6. The molecule has 2 fully saturated rings. The summed E-state index contributed by atoms with van der Waals surface area (Å²) in [5.74, 6) is 0.418. The van der Waals surface area contributed by atoms with Gasteiger partial charge in [0.2, 0.25) is 0 Å². The third-order valence-corrected chi connectivity index (χ3v) is 8.26. The van der Waals surface area contributed by atoms with E-state index in [2.05, 4.69) is 15.1 Å². The summed E-state index contributed by atoms with van der Waals surface area (Å²) in [5, 5.41) is 17.9. The monoisotopic (exact) mass is 527 g/mol. The van der Waals surface area contributed by atoms with Crippen LogP contribution in [0.4, 0.5) is 24.7 Å². The Morgan fingerprint density at radius 3 is 2.50 bits per heavy atom. The van der Waals surface area contributed by atoms with Crippen LogP contribution in [0.1, 0.15) is 62.1 Å². The number of ketones is 1. The van der Waals surface area contributed by atoms with Gasteiger partial charge in [0.15, 0.2) is 0 Å². The summed E-state index contributed by atoms with van der Waals surface area (Å²) in [5.41, 5.74) is 6.34. The molecule has 0 amide bonds. The number of alkyl halides is 3. The van der Waals surface area contributed by atoms with E-state index in [4.69, 9.17) is 16.8 Å². The highest BCUT2D eigenvalue weighted by atomic mass is 19.4. The van der Waals surface area contributed by atoms with Gasteiger partial charge in [-0.3, -0.25) is 9.48 Å². The number of aliphatic hydroxyl groups is 1. The summed E-state index contributed by atoms with van der Waals surface area (Å²) >= 11 is 0. The number of carbonyl (C=O) groups is 1. The molecule has 8 nitrogen and oxygen atoms in total. The maximum absolute atomic E-state index is 13.6. The highest BCUT2D eigenvalue weighted by molar-refractivity contribution is 5.84. The van der Waals surface area contributed by atoms with Crippen LogP contribution in [0.3, 0.4) is 0 Å². The minimum atomic E-state index is -4.22. The molecule has 3 aromatic rings. The number of anilines is 1. The highest BCUT2D eigenvalue weighted by Gasteiger charge is 2.67. The minimum Gasteiger partial charge on any atom is -0.394 e. The Morgan fingerprint density at radius 2 is 1.92 bits per heavy atom. The summed E-state index contributed by atoms with van der Waals surface area (Å²) in [6.07, 6.45) is -2.98. The van der Waals surface area contributed by atoms with Crippen LogP contribution in [0.5, 0.6) is 0 Å². The number of aromatic nitrogens is 3. The van der Waals surface area contributed by atoms with Crippen molar-refractivity contribution < 1.29 is 27.6 Å². The number of rotatable bonds is 8. The van der Waals surface area contributed by atoms with Crippen LogP contribution in [0, 0.1) is 12.0 Å². The molecule has 2 aromatic heterocycles. The minimum absolute atomic E-state index is 0.00287. The molecule has 5 rings (SSSR count). The lowest BCUT2D eigenvalue weighted by molar-refractivity contribution is -0.220. The Hall–Kier alpha value is -3.65. The molecule has 2 aliphatic rings. The van der Waals surface area contributed by atoms with Crippen molar-refractivity contribution in [2.45, 2.75) is 69.5 Å². The van der Waals surface area contributed by atoms with Crippen molar-refractivity contribution in [3.05, 3.63) is 58.8 Å². The Kier molecular flexibility index (Phi) is 6.34. The molecule has 0 aliphatic heterocycles. The lowest BCUT2D eigenvalue weighted by atomic mass is 9.80. The first-order valence-electron chi connectivity index (χ1n) is 12.5. The number of nitrogens with zero attached hydrogens (tertiary/aromatic N) is 4. The summed E-state index contributed by atoms with van der Waals surface area (Å²) in [6, 6.07) is 8.32. The van der Waals surface area contributed by atoms with Crippen molar-refractivity contribution in [1.82, 2.24) is 14.9 Å². The molecule has 2 saturated carbocycles. The maximum atomic E-state index is 13.6. The molecule has 0 radical (unpaired) electrons. The van der Waals surface area contributed by atoms with E-state index in [1.54, 1.807) is 37.3 Å². The Labute approximate surface area is 217 Å². The molecule has 2 aliphatic carbocycles. The predicted molar refractivity (Wildman–Crippen MR) is 132 cm³/mol. The normalized spacial score (nSPS) is 23.5. The standard InChI is InChI=1S/C27H28F3N5O3/c1-16(14-36)35-24(31)23(32-2)22(33-35)18-5-3-17(4-6-18)11-19(37)12-20-13-21(34-38-20)25-7-9-26(15-25,10-8-25)27(28,29)30/h3-6,13,16,36H,7-12,14-15,31H2,1H3. The third kappa shape index (κ3) is 4.26. The van der Waals surface area contributed by atoms with Crippen molar-refractivity contribution >= 4 is 17.3 Å². The first kappa shape index (κ1) is 26.0. The van der Waals surface area contributed by atoms with Gasteiger partial charge in [-0.1, -0.05) is 29.4 Å². The Bertz CT molecular complexity index is 1390. The number of fused-ring (bicyclic) bond motifs is 2. The largest absolute Gasteiger partial charge is 0.394 e. The Morgan fingerprint density at radius 1 is 1.24 bits per heavy atom. The molecule has 0 saturated heterocycles. The molecule has 0 spiro atoms. The van der Waals surface area contributed by atoms with Gasteiger partial charge in [0, 0.05) is 17.9 Å². The lowest BCUT2D eigenvalue weighted by Crippen LogP contribution is -2.33. The van der Waals surface area contributed by atoms with E-state index in [0.717, 1.165) is 5.56 Å². The predicted octanol–water partition coefficient (Wildman–Crippen LogP) is 5.34. The molecule has 11 heteroatoms. The van der Waals surface area contributed by atoms with Crippen LogP contribution < -0.4 is 5.73 Å². The zero-order chi connectivity index (χ0) is 27.3. The number of halogens is 3. The highest BCUT2D eigenvalue weighted by Crippen LogP contribution is 2.67. The fourth-order valence-electron chi connectivity index (χ4n) is 6.01. The van der Waals surface area contributed by atoms with E-state index >= 15 is 0 Å². The van der Waals surface area contributed by atoms with E-state index in [0.29, 0.717) is 35.6 Å². The van der Waals surface area contributed by atoms with Gasteiger partial charge in [-0.05, 0) is 50.2 Å². The van der Waals surface area contributed by atoms with E-state index in [-0.39, 0.29) is 62.0 Å². The van der Waals surface area contributed by atoms with Crippen LogP contribution in [-0.2, 0) is 23.1 Å². The van der Waals surface area contributed by atoms with Gasteiger partial charge in [0.1, 0.15) is 23.1 Å². The maximum Gasteiger partial charge on any atom is 0.394 e. The van der Waals surface area contributed by atoms with Gasteiger partial charge in [-0.2, -0.15) is 18.3 Å². The van der Waals surface area contributed by atoms with Gasteiger partial charge in [0.25, 0.3) is 5.69 Å². The van der Waals surface area contributed by atoms with Crippen LogP contribution in [0.2, 0.25) is 0 Å². The molecular weight excluding hydrogens is 499 g/mol. The van der Waals surface area contributed by atoms with Crippen LogP contribution in [-0.4, -0.2) is 38.6 Å². The van der Waals surface area contributed by atoms with E-state index in [1.165, 1.54) is 4.68 Å². The summed E-state index contributed by atoms with van der Waals surface area (Å²) in [4.78, 5) is 16.2. The number of nitrogens with two attached hydrogens (primary N) is 1. The van der Waals surface area contributed by atoms with Crippen LogP contribution in [0.15, 0.2) is 34.9 Å². The first-order chi connectivity index (χ1) is 18.0. The van der Waals surface area contributed by atoms with Crippen molar-refractivity contribution in [3.8, 4) is 11.3 Å². The number of aliphatic hydroxyl groups excluding tert-OH is 1. The average Bonchev–Trinajstić information content (AvgIpc) is 3.66. The van der Waals surface area contributed by atoms with Gasteiger partial charge < -0.3 is 15.4 Å². The third-order valence-electron chi connectivity index (χ3n) is 8.26. The fourth-order valence-corrected chi connectivity index (χ4v) is 6.01. The van der Waals surface area contributed by atoms with Crippen molar-refractivity contribution in [2.24, 2.45) is 5.41 Å². The molecule has 200 valence electrons. The molecular formula is C27H28F3N5O3. The second kappa shape index (κ2) is 9.27. The molecule has 1 aromatic carbocycles. The van der Waals surface area contributed by atoms with Gasteiger partial charge in [-0.25, -0.2) is 4.85 Å². The van der Waals surface area contributed by atoms with Gasteiger partial charge >= 0.3 is 6.18 Å². The molecule has 1 atom stereocenters. The van der Waals surface area contributed by atoms with Gasteiger partial charge in [0.05, 0.1) is 36.8 Å². The SMILES string of the molecule is [C-]#[N+]c1c(-c2ccc(CC(=O)Cc3cc(C45CCC(C(F)(F)F)(CC4)C5)no3)cc2)nn(C(C)CO)c1N. The zero-order valence-corrected chi connectivity index (χ0v) is 20.9. The van der Waals surface area contributed by atoms with Crippen molar-refractivity contribution in [2.75, 3.05) is 12.3 Å². The topological polar surface area (TPSA) is 112 Å². The summed E-state index contributed by atoms with van der Waals surface area (Å²) < 4.78 is 47.6. The van der Waals surface area contributed by atoms with E-state index < -0.39 is 17.0 Å². The number of carbonyl (C=O) groups excluding carboxylic acids is 1. The molecule has 3 N–H and O–H groups in total. The zero-order valence-electron chi connectivity index (χ0n) is 20.9. The summed E-state index contributed by atoms with van der Waals surface area (Å²) in [7, 11) is 0. The molecule has 1 unspecified atom stereocenters. The summed E-state index contributed by atoms with van der Waals surface area (Å²) in [6.45, 7) is 9.03. The molecule has 2 bridgehead atoms. The van der Waals surface area contributed by atoms with Crippen LogP contribution in [0.25, 0.3) is 16.1 Å². The number of benzene rings is 1. The number of nitrogen functional groups attached to an aromatic ring is 1. The van der Waals surface area contributed by atoms with E-state index in [9.17, 15) is 23.1 Å². The molecule has 38 heavy (non-hydrogen) atoms.